The van der Waals surface area contributed by atoms with Gasteiger partial charge in [-0.3, -0.25) is 15.6 Å². The van der Waals surface area contributed by atoms with Crippen LogP contribution in [0.25, 0.3) is 5.65 Å². The number of nitrogens with one attached hydrogen (secondary N) is 2. The Morgan fingerprint density at radius 2 is 1.96 bits per heavy atom. The van der Waals surface area contributed by atoms with Crippen molar-refractivity contribution in [1.82, 2.24) is 30.3 Å². The summed E-state index contributed by atoms with van der Waals surface area (Å²) in [5, 5.41) is 4.39. The first-order valence-corrected chi connectivity index (χ1v) is 9.35. The second-order valence-electron chi connectivity index (χ2n) is 7.37. The molecule has 2 aromatic rings. The van der Waals surface area contributed by atoms with Gasteiger partial charge >= 0.3 is 0 Å². The molecular formula is C18H26N6O2. The molecule has 26 heavy (non-hydrogen) atoms. The summed E-state index contributed by atoms with van der Waals surface area (Å²) in [6.07, 6.45) is 5.46. The molecule has 0 saturated carbocycles. The topological polar surface area (TPSA) is 83.8 Å². The summed E-state index contributed by atoms with van der Waals surface area (Å²) in [4.78, 5) is 19.0. The number of piperidine rings is 1. The van der Waals surface area contributed by atoms with Crippen molar-refractivity contribution >= 4 is 11.6 Å². The molecule has 2 unspecified atom stereocenters. The van der Waals surface area contributed by atoms with Gasteiger partial charge in [0.2, 0.25) is 11.8 Å². The third kappa shape index (κ3) is 3.39. The Morgan fingerprint density at radius 1 is 1.23 bits per heavy atom. The van der Waals surface area contributed by atoms with Crippen molar-refractivity contribution in [1.29, 1.82) is 0 Å². The quantitative estimate of drug-likeness (QED) is 0.843. The Labute approximate surface area is 152 Å². The van der Waals surface area contributed by atoms with E-state index < -0.39 is 0 Å². The molecule has 8 heteroatoms. The Kier molecular flexibility index (Phi) is 4.78. The second-order valence-corrected chi connectivity index (χ2v) is 7.37. The molecule has 0 aromatic carbocycles. The zero-order valence-electron chi connectivity index (χ0n) is 15.3. The monoisotopic (exact) mass is 358 g/mol. The summed E-state index contributed by atoms with van der Waals surface area (Å²) in [7, 11) is 0. The van der Waals surface area contributed by atoms with Crippen LogP contribution in [0, 0.1) is 11.8 Å². The maximum Gasteiger partial charge on any atom is 0.231 e. The Bertz CT molecular complexity index is 760. The standard InChI is InChI=1S/C18H26N6O2/c1-12-17(13(2)21-20-12)18(25)23-8-5-14(6-9-23)11-26-16-4-3-15-19-7-10-24(15)22-16/h3-4,7,10,12-14,17,20-21H,5-6,8-9,11H2,1-2H3. The van der Waals surface area contributed by atoms with Crippen molar-refractivity contribution in [3.05, 3.63) is 24.5 Å². The lowest BCUT2D eigenvalue weighted by atomic mass is 9.92. The largest absolute Gasteiger partial charge is 0.476 e. The van der Waals surface area contributed by atoms with Crippen LogP contribution < -0.4 is 15.6 Å². The number of likely N-dealkylation sites (tertiary alicyclic amines) is 1. The predicted octanol–water partition coefficient (Wildman–Crippen LogP) is 0.848. The van der Waals surface area contributed by atoms with Gasteiger partial charge in [0, 0.05) is 43.6 Å². The molecule has 2 aliphatic heterocycles. The lowest BCUT2D eigenvalue weighted by Gasteiger charge is -2.34. The maximum absolute atomic E-state index is 12.8. The number of hydrogen-bond donors (Lipinski definition) is 2. The van der Waals surface area contributed by atoms with Gasteiger partial charge in [-0.2, -0.15) is 0 Å². The van der Waals surface area contributed by atoms with Gasteiger partial charge in [-0.25, -0.2) is 9.50 Å². The summed E-state index contributed by atoms with van der Waals surface area (Å²) in [6, 6.07) is 4.09. The number of carbonyl (C=O) groups is 1. The van der Waals surface area contributed by atoms with Crippen LogP contribution in [-0.4, -0.2) is 57.2 Å². The van der Waals surface area contributed by atoms with Crippen molar-refractivity contribution < 1.29 is 9.53 Å². The van der Waals surface area contributed by atoms with Crippen molar-refractivity contribution in [2.24, 2.45) is 11.8 Å². The fourth-order valence-electron chi connectivity index (χ4n) is 3.91. The van der Waals surface area contributed by atoms with Crippen LogP contribution >= 0.6 is 0 Å². The molecular weight excluding hydrogens is 332 g/mol. The van der Waals surface area contributed by atoms with Crippen molar-refractivity contribution in [2.45, 2.75) is 38.8 Å². The molecule has 4 heterocycles. The lowest BCUT2D eigenvalue weighted by molar-refractivity contribution is -0.137. The summed E-state index contributed by atoms with van der Waals surface area (Å²) >= 11 is 0. The van der Waals surface area contributed by atoms with Crippen molar-refractivity contribution in [2.75, 3.05) is 19.7 Å². The highest BCUT2D eigenvalue weighted by atomic mass is 16.5. The number of hydrogen-bond acceptors (Lipinski definition) is 6. The number of hydrazine groups is 1. The predicted molar refractivity (Wildman–Crippen MR) is 96.5 cm³/mol. The van der Waals surface area contributed by atoms with Crippen LogP contribution in [-0.2, 0) is 4.79 Å². The number of amides is 1. The Balaban J connectivity index is 1.27. The molecule has 0 radical (unpaired) electrons. The fourth-order valence-corrected chi connectivity index (χ4v) is 3.91. The fraction of sp³-hybridized carbons (Fsp3) is 0.611. The van der Waals surface area contributed by atoms with E-state index in [1.54, 1.807) is 16.9 Å². The van der Waals surface area contributed by atoms with E-state index in [1.807, 2.05) is 17.0 Å². The van der Waals surface area contributed by atoms with Crippen LogP contribution in [0.15, 0.2) is 24.5 Å². The normalized spacial score (nSPS) is 27.2. The van der Waals surface area contributed by atoms with E-state index in [2.05, 4.69) is 34.8 Å². The highest BCUT2D eigenvalue weighted by Crippen LogP contribution is 2.23. The molecule has 140 valence electrons. The summed E-state index contributed by atoms with van der Waals surface area (Å²) in [6.45, 7) is 6.36. The second kappa shape index (κ2) is 7.20. The first-order valence-electron chi connectivity index (χ1n) is 9.35. The smallest absolute Gasteiger partial charge is 0.231 e. The van der Waals surface area contributed by atoms with Gasteiger partial charge in [0.15, 0.2) is 5.65 Å². The van der Waals surface area contributed by atoms with Crippen molar-refractivity contribution in [3.8, 4) is 5.88 Å². The van der Waals surface area contributed by atoms with Gasteiger partial charge in [-0.1, -0.05) is 0 Å². The summed E-state index contributed by atoms with van der Waals surface area (Å²) < 4.78 is 7.58. The first-order chi connectivity index (χ1) is 12.6. The molecule has 8 nitrogen and oxygen atoms in total. The number of ether oxygens (including phenoxy) is 1. The first kappa shape index (κ1) is 17.2. The van der Waals surface area contributed by atoms with Crippen molar-refractivity contribution in [3.63, 3.8) is 0 Å². The van der Waals surface area contributed by atoms with E-state index in [-0.39, 0.29) is 23.9 Å². The zero-order chi connectivity index (χ0) is 18.1. The molecule has 2 saturated heterocycles. The minimum Gasteiger partial charge on any atom is -0.476 e. The molecule has 1 amide bonds. The van der Waals surface area contributed by atoms with E-state index in [0.29, 0.717) is 18.4 Å². The van der Waals surface area contributed by atoms with E-state index in [9.17, 15) is 4.79 Å². The average Bonchev–Trinajstić information content (AvgIpc) is 3.25. The third-order valence-corrected chi connectivity index (χ3v) is 5.52. The number of rotatable bonds is 4. The van der Waals surface area contributed by atoms with Gasteiger partial charge < -0.3 is 9.64 Å². The summed E-state index contributed by atoms with van der Waals surface area (Å²) in [5.74, 6) is 1.33. The van der Waals surface area contributed by atoms with Gasteiger partial charge in [0.25, 0.3) is 0 Å². The molecule has 0 aliphatic carbocycles. The van der Waals surface area contributed by atoms with Gasteiger partial charge in [-0.15, -0.1) is 5.10 Å². The van der Waals surface area contributed by atoms with E-state index in [1.165, 1.54) is 0 Å². The SMILES string of the molecule is CC1NNC(C)C1C(=O)N1CCC(COc2ccc3nccn3n2)CC1. The molecule has 2 aromatic heterocycles. The van der Waals surface area contributed by atoms with Crippen LogP contribution in [0.2, 0.25) is 0 Å². The molecule has 2 aliphatic rings. The maximum atomic E-state index is 12.8. The highest BCUT2D eigenvalue weighted by Gasteiger charge is 2.39. The highest BCUT2D eigenvalue weighted by molar-refractivity contribution is 5.80. The molecule has 2 atom stereocenters. The zero-order valence-corrected chi connectivity index (χ0v) is 15.3. The average molecular weight is 358 g/mol. The molecule has 0 bridgehead atoms. The van der Waals surface area contributed by atoms with E-state index in [4.69, 9.17) is 4.74 Å². The summed E-state index contributed by atoms with van der Waals surface area (Å²) in [5.41, 5.74) is 7.14. The van der Waals surface area contributed by atoms with E-state index >= 15 is 0 Å². The Morgan fingerprint density at radius 3 is 2.69 bits per heavy atom. The van der Waals surface area contributed by atoms with Crippen LogP contribution in [0.4, 0.5) is 0 Å². The number of carbonyl (C=O) groups excluding carboxylic acids is 1. The van der Waals surface area contributed by atoms with Crippen LogP contribution in [0.1, 0.15) is 26.7 Å². The minimum absolute atomic E-state index is 0.00825. The number of fused-ring (bicyclic) bond motifs is 1. The molecule has 2 N–H and O–H groups in total. The third-order valence-electron chi connectivity index (χ3n) is 5.52. The van der Waals surface area contributed by atoms with Gasteiger partial charge in [0.1, 0.15) is 0 Å². The molecule has 4 rings (SSSR count). The Hall–Kier alpha value is -2.19. The van der Waals surface area contributed by atoms with Gasteiger partial charge in [0.05, 0.1) is 12.5 Å². The lowest BCUT2D eigenvalue weighted by Crippen LogP contribution is -2.47. The number of imidazole rings is 1. The molecule has 0 spiro atoms. The van der Waals surface area contributed by atoms with Gasteiger partial charge in [-0.05, 0) is 38.7 Å². The van der Waals surface area contributed by atoms with Crippen LogP contribution in [0.3, 0.4) is 0 Å². The number of nitrogens with zero attached hydrogens (tertiary/aromatic N) is 4. The van der Waals surface area contributed by atoms with E-state index in [0.717, 1.165) is 31.6 Å². The molecule has 2 fully saturated rings. The number of aromatic nitrogens is 3. The minimum atomic E-state index is 0.00825. The van der Waals surface area contributed by atoms with Crippen LogP contribution in [0.5, 0.6) is 5.88 Å².